The molecule has 1 aromatic rings. The van der Waals surface area contributed by atoms with Crippen LogP contribution in [0.25, 0.3) is 0 Å². The van der Waals surface area contributed by atoms with E-state index in [1.807, 2.05) is 32.9 Å². The average molecular weight is 358 g/mol. The Morgan fingerprint density at radius 2 is 1.96 bits per heavy atom. The molecule has 6 heteroatoms. The maximum Gasteiger partial charge on any atom is 0.251 e. The zero-order chi connectivity index (χ0) is 18.8. The van der Waals surface area contributed by atoms with Gasteiger partial charge in [-0.15, -0.1) is 0 Å². The summed E-state index contributed by atoms with van der Waals surface area (Å²) < 4.78 is 5.46. The Morgan fingerprint density at radius 1 is 1.27 bits per heavy atom. The topological polar surface area (TPSA) is 75.7 Å². The highest BCUT2D eigenvalue weighted by molar-refractivity contribution is 5.99. The highest BCUT2D eigenvalue weighted by atomic mass is 16.5. The predicted molar refractivity (Wildman–Crippen MR) is 96.8 cm³/mol. The maximum absolute atomic E-state index is 13.1. The van der Waals surface area contributed by atoms with Gasteiger partial charge in [-0.05, 0) is 37.8 Å². The second kappa shape index (κ2) is 7.58. The molecule has 1 aromatic carbocycles. The molecule has 3 atom stereocenters. The first-order chi connectivity index (χ1) is 12.4. The van der Waals surface area contributed by atoms with Gasteiger partial charge < -0.3 is 15.0 Å². The van der Waals surface area contributed by atoms with E-state index in [-0.39, 0.29) is 36.2 Å². The quantitative estimate of drug-likeness (QED) is 0.869. The number of hydrogen-bond acceptors (Lipinski definition) is 4. The van der Waals surface area contributed by atoms with Crippen molar-refractivity contribution in [1.29, 1.82) is 0 Å². The lowest BCUT2D eigenvalue weighted by molar-refractivity contribution is -0.138. The zero-order valence-corrected chi connectivity index (χ0v) is 15.5. The molecule has 2 heterocycles. The number of benzene rings is 1. The molecule has 26 heavy (non-hydrogen) atoms. The molecule has 2 aliphatic heterocycles. The number of fused-ring (bicyclic) bond motifs is 1. The molecule has 0 aliphatic carbocycles. The molecular formula is C20H26N2O4. The lowest BCUT2D eigenvalue weighted by Crippen LogP contribution is -2.52. The standard InChI is InChI=1S/C20H26N2O4/c1-12(2)10-15(21-19(24)14-6-4-13(3)5-7-14)20(25)22-9-8-17-18(22)16(23)11-26-17/h4-7,12,15,17-18H,8-11H2,1-3H3,(H,21,24). The van der Waals surface area contributed by atoms with Crippen LogP contribution in [0, 0.1) is 12.8 Å². The molecule has 6 nitrogen and oxygen atoms in total. The largest absolute Gasteiger partial charge is 0.368 e. The van der Waals surface area contributed by atoms with Crippen molar-refractivity contribution in [2.75, 3.05) is 13.2 Å². The van der Waals surface area contributed by atoms with Gasteiger partial charge in [0.2, 0.25) is 5.91 Å². The molecule has 1 N–H and O–H groups in total. The van der Waals surface area contributed by atoms with Gasteiger partial charge >= 0.3 is 0 Å². The Kier molecular flexibility index (Phi) is 5.41. The van der Waals surface area contributed by atoms with Crippen molar-refractivity contribution in [2.24, 2.45) is 5.92 Å². The smallest absolute Gasteiger partial charge is 0.251 e. The van der Waals surface area contributed by atoms with Crippen LogP contribution in [-0.2, 0) is 14.3 Å². The third-order valence-corrected chi connectivity index (χ3v) is 5.02. The summed E-state index contributed by atoms with van der Waals surface area (Å²) in [7, 11) is 0. The minimum Gasteiger partial charge on any atom is -0.368 e. The van der Waals surface area contributed by atoms with E-state index in [2.05, 4.69) is 5.32 Å². The summed E-state index contributed by atoms with van der Waals surface area (Å²) in [4.78, 5) is 39.4. The number of rotatable bonds is 5. The van der Waals surface area contributed by atoms with Crippen molar-refractivity contribution in [3.05, 3.63) is 35.4 Å². The highest BCUT2D eigenvalue weighted by Crippen LogP contribution is 2.28. The van der Waals surface area contributed by atoms with Crippen LogP contribution in [0.5, 0.6) is 0 Å². The molecule has 140 valence electrons. The SMILES string of the molecule is Cc1ccc(C(=O)NC(CC(C)C)C(=O)N2CCC3OCC(=O)C32)cc1. The van der Waals surface area contributed by atoms with E-state index in [9.17, 15) is 14.4 Å². The summed E-state index contributed by atoms with van der Waals surface area (Å²) in [6.45, 7) is 6.54. The third-order valence-electron chi connectivity index (χ3n) is 5.02. The van der Waals surface area contributed by atoms with E-state index in [1.54, 1.807) is 17.0 Å². The normalized spacial score (nSPS) is 23.2. The first-order valence-electron chi connectivity index (χ1n) is 9.19. The van der Waals surface area contributed by atoms with Crippen LogP contribution < -0.4 is 5.32 Å². The molecule has 2 amide bonds. The number of hydrogen-bond donors (Lipinski definition) is 1. The Hall–Kier alpha value is -2.21. The number of carbonyl (C=O) groups is 3. The summed E-state index contributed by atoms with van der Waals surface area (Å²) >= 11 is 0. The molecule has 3 rings (SSSR count). The number of carbonyl (C=O) groups excluding carboxylic acids is 3. The number of likely N-dealkylation sites (tertiary alicyclic amines) is 1. The summed E-state index contributed by atoms with van der Waals surface area (Å²) in [6.07, 6.45) is 1.00. The van der Waals surface area contributed by atoms with Crippen molar-refractivity contribution < 1.29 is 19.1 Å². The summed E-state index contributed by atoms with van der Waals surface area (Å²) in [5.41, 5.74) is 1.59. The molecule has 0 spiro atoms. The van der Waals surface area contributed by atoms with Crippen LogP contribution in [0.3, 0.4) is 0 Å². The minimum atomic E-state index is -0.643. The number of Topliss-reactive ketones (excluding diaryl/α,β-unsaturated/α-hetero) is 1. The Bertz CT molecular complexity index is 698. The van der Waals surface area contributed by atoms with Gasteiger partial charge in [-0.1, -0.05) is 31.5 Å². The first kappa shape index (κ1) is 18.6. The molecule has 0 aromatic heterocycles. The van der Waals surface area contributed by atoms with E-state index < -0.39 is 12.1 Å². The maximum atomic E-state index is 13.1. The van der Waals surface area contributed by atoms with Crippen molar-refractivity contribution in [1.82, 2.24) is 10.2 Å². The van der Waals surface area contributed by atoms with Gasteiger partial charge in [0.15, 0.2) is 5.78 Å². The summed E-state index contributed by atoms with van der Waals surface area (Å²) in [5, 5.41) is 2.87. The van der Waals surface area contributed by atoms with Crippen LogP contribution in [-0.4, -0.2) is 53.8 Å². The van der Waals surface area contributed by atoms with Gasteiger partial charge in [0, 0.05) is 12.1 Å². The molecule has 0 radical (unpaired) electrons. The van der Waals surface area contributed by atoms with E-state index in [0.717, 1.165) is 5.56 Å². The van der Waals surface area contributed by atoms with E-state index in [1.165, 1.54) is 0 Å². The lowest BCUT2D eigenvalue weighted by atomic mass is 10.0. The van der Waals surface area contributed by atoms with Crippen molar-refractivity contribution in [3.63, 3.8) is 0 Å². The number of amides is 2. The molecule has 0 saturated carbocycles. The van der Waals surface area contributed by atoms with E-state index in [4.69, 9.17) is 4.74 Å². The molecular weight excluding hydrogens is 332 g/mol. The fourth-order valence-corrected chi connectivity index (χ4v) is 3.68. The van der Waals surface area contributed by atoms with Crippen molar-refractivity contribution in [3.8, 4) is 0 Å². The lowest BCUT2D eigenvalue weighted by Gasteiger charge is -2.28. The molecule has 3 unspecified atom stereocenters. The first-order valence-corrected chi connectivity index (χ1v) is 9.19. The fraction of sp³-hybridized carbons (Fsp3) is 0.550. The molecule has 0 bridgehead atoms. The highest BCUT2D eigenvalue weighted by Gasteiger charge is 2.48. The van der Waals surface area contributed by atoms with Gasteiger partial charge in [0.1, 0.15) is 18.7 Å². The van der Waals surface area contributed by atoms with Crippen LogP contribution in [0.15, 0.2) is 24.3 Å². The van der Waals surface area contributed by atoms with Gasteiger partial charge in [-0.2, -0.15) is 0 Å². The summed E-state index contributed by atoms with van der Waals surface area (Å²) in [6, 6.07) is 6.11. The van der Waals surface area contributed by atoms with Crippen LogP contribution in [0.2, 0.25) is 0 Å². The van der Waals surface area contributed by atoms with E-state index >= 15 is 0 Å². The monoisotopic (exact) mass is 358 g/mol. The van der Waals surface area contributed by atoms with Gasteiger partial charge in [0.25, 0.3) is 5.91 Å². The number of aryl methyl sites for hydroxylation is 1. The van der Waals surface area contributed by atoms with Crippen LogP contribution >= 0.6 is 0 Å². The molecule has 2 saturated heterocycles. The zero-order valence-electron chi connectivity index (χ0n) is 15.5. The number of nitrogens with one attached hydrogen (secondary N) is 1. The fourth-order valence-electron chi connectivity index (χ4n) is 3.68. The predicted octanol–water partition coefficient (Wildman–Crippen LogP) is 1.71. The Labute approximate surface area is 153 Å². The Morgan fingerprint density at radius 3 is 2.62 bits per heavy atom. The second-order valence-electron chi connectivity index (χ2n) is 7.60. The van der Waals surface area contributed by atoms with E-state index in [0.29, 0.717) is 24.9 Å². The Balaban J connectivity index is 1.75. The molecule has 2 fully saturated rings. The minimum absolute atomic E-state index is 0.0472. The van der Waals surface area contributed by atoms with Gasteiger partial charge in [-0.3, -0.25) is 14.4 Å². The molecule has 2 aliphatic rings. The van der Waals surface area contributed by atoms with Gasteiger partial charge in [0.05, 0.1) is 6.10 Å². The number of ether oxygens (including phenoxy) is 1. The number of ketones is 1. The number of nitrogens with zero attached hydrogens (tertiary/aromatic N) is 1. The van der Waals surface area contributed by atoms with Crippen molar-refractivity contribution in [2.45, 2.75) is 51.8 Å². The second-order valence-corrected chi connectivity index (χ2v) is 7.60. The average Bonchev–Trinajstić information content (AvgIpc) is 3.17. The van der Waals surface area contributed by atoms with Crippen molar-refractivity contribution >= 4 is 17.6 Å². The van der Waals surface area contributed by atoms with Crippen LogP contribution in [0.4, 0.5) is 0 Å². The third kappa shape index (κ3) is 3.80. The summed E-state index contributed by atoms with van der Waals surface area (Å²) in [5.74, 6) is -0.274. The van der Waals surface area contributed by atoms with Gasteiger partial charge in [-0.25, -0.2) is 0 Å². The van der Waals surface area contributed by atoms with Crippen LogP contribution in [0.1, 0.15) is 42.6 Å².